The normalized spacial score (nSPS) is 9.87. The molecule has 0 amide bonds. The number of ether oxygens (including phenoxy) is 1. The van der Waals surface area contributed by atoms with Crippen molar-refractivity contribution in [3.63, 3.8) is 0 Å². The van der Waals surface area contributed by atoms with Crippen molar-refractivity contribution in [1.29, 1.82) is 0 Å². The van der Waals surface area contributed by atoms with Gasteiger partial charge in [0, 0.05) is 0 Å². The van der Waals surface area contributed by atoms with Crippen LogP contribution < -0.4 is 0 Å². The van der Waals surface area contributed by atoms with Gasteiger partial charge in [-0.3, -0.25) is 4.79 Å². The van der Waals surface area contributed by atoms with Crippen molar-refractivity contribution in [2.75, 3.05) is 7.11 Å². The largest absolute Gasteiger partial charge is 0.463 e. The van der Waals surface area contributed by atoms with Crippen molar-refractivity contribution < 1.29 is 23.1 Å². The number of methoxy groups -OCH3 is 1. The van der Waals surface area contributed by atoms with E-state index in [0.29, 0.717) is 12.1 Å². The van der Waals surface area contributed by atoms with Crippen LogP contribution in [0.2, 0.25) is 5.02 Å². The molecule has 0 aromatic heterocycles. The number of hydrogen-bond donors (Lipinski definition) is 0. The van der Waals surface area contributed by atoms with E-state index in [4.69, 9.17) is 11.6 Å². The van der Waals surface area contributed by atoms with Crippen LogP contribution in [0.25, 0.3) is 0 Å². The van der Waals surface area contributed by atoms with Crippen LogP contribution in [0.3, 0.4) is 0 Å². The highest BCUT2D eigenvalue weighted by atomic mass is 35.5. The lowest BCUT2D eigenvalue weighted by Gasteiger charge is -2.02. The lowest BCUT2D eigenvalue weighted by Crippen LogP contribution is -2.17. The van der Waals surface area contributed by atoms with E-state index in [1.54, 1.807) is 0 Å². The second-order valence-electron chi connectivity index (χ2n) is 2.57. The number of carbonyl (C=O) groups is 2. The highest BCUT2D eigenvalue weighted by molar-refractivity contribution is 6.40. The summed E-state index contributed by atoms with van der Waals surface area (Å²) in [4.78, 5) is 21.9. The van der Waals surface area contributed by atoms with E-state index in [2.05, 4.69) is 4.74 Å². The molecule has 15 heavy (non-hydrogen) atoms. The molecule has 0 fully saturated rings. The monoisotopic (exact) mass is 234 g/mol. The molecule has 0 atom stereocenters. The molecule has 1 aromatic carbocycles. The minimum absolute atomic E-state index is 0.464. The Morgan fingerprint density at radius 3 is 2.40 bits per heavy atom. The Morgan fingerprint density at radius 2 is 1.87 bits per heavy atom. The Labute approximate surface area is 88.6 Å². The molecule has 0 aliphatic carbocycles. The number of carbonyl (C=O) groups excluding carboxylic acids is 2. The summed E-state index contributed by atoms with van der Waals surface area (Å²) in [6, 6.07) is 1.17. The standard InChI is InChI=1S/C9H5ClF2O3/c1-15-9(14)8(13)4-2-7(12)5(10)3-6(4)11/h2-3H,1H3. The summed E-state index contributed by atoms with van der Waals surface area (Å²) in [5.41, 5.74) is -0.705. The third kappa shape index (κ3) is 2.30. The van der Waals surface area contributed by atoms with Gasteiger partial charge in [0.2, 0.25) is 0 Å². The summed E-state index contributed by atoms with van der Waals surface area (Å²) in [7, 11) is 0.963. The third-order valence-corrected chi connectivity index (χ3v) is 1.92. The molecule has 1 aromatic rings. The van der Waals surface area contributed by atoms with Crippen molar-refractivity contribution in [3.8, 4) is 0 Å². The van der Waals surface area contributed by atoms with Crippen LogP contribution >= 0.6 is 11.6 Å². The van der Waals surface area contributed by atoms with Crippen molar-refractivity contribution in [2.45, 2.75) is 0 Å². The molecule has 0 heterocycles. The first-order valence-electron chi connectivity index (χ1n) is 3.74. The zero-order valence-corrected chi connectivity index (χ0v) is 8.27. The molecule has 0 aliphatic rings. The van der Waals surface area contributed by atoms with Gasteiger partial charge in [0.1, 0.15) is 11.6 Å². The molecule has 1 rings (SSSR count). The molecule has 0 aliphatic heterocycles. The highest BCUT2D eigenvalue weighted by Gasteiger charge is 2.22. The summed E-state index contributed by atoms with van der Waals surface area (Å²) in [6.45, 7) is 0. The van der Waals surface area contributed by atoms with E-state index in [0.717, 1.165) is 7.11 Å². The average Bonchev–Trinajstić information content (AvgIpc) is 2.21. The first kappa shape index (κ1) is 11.6. The van der Waals surface area contributed by atoms with Gasteiger partial charge in [-0.2, -0.15) is 0 Å². The smallest absolute Gasteiger partial charge is 0.379 e. The summed E-state index contributed by atoms with van der Waals surface area (Å²) in [5.74, 6) is -4.58. The van der Waals surface area contributed by atoms with E-state index in [1.165, 1.54) is 0 Å². The van der Waals surface area contributed by atoms with Crippen LogP contribution in [0.4, 0.5) is 8.78 Å². The average molecular weight is 235 g/mol. The van der Waals surface area contributed by atoms with Crippen molar-refractivity contribution in [1.82, 2.24) is 0 Å². The number of ketones is 1. The van der Waals surface area contributed by atoms with E-state index >= 15 is 0 Å². The maximum atomic E-state index is 13.1. The number of esters is 1. The molecule has 0 saturated carbocycles. The number of halogens is 3. The highest BCUT2D eigenvalue weighted by Crippen LogP contribution is 2.19. The summed E-state index contributed by atoms with van der Waals surface area (Å²) in [5, 5.41) is -0.464. The zero-order chi connectivity index (χ0) is 11.6. The number of benzene rings is 1. The van der Waals surface area contributed by atoms with E-state index in [1.807, 2.05) is 0 Å². The Balaban J connectivity index is 3.21. The van der Waals surface area contributed by atoms with Gasteiger partial charge in [0.05, 0.1) is 17.7 Å². The molecule has 0 N–H and O–H groups in total. The first-order chi connectivity index (χ1) is 6.97. The Hall–Kier alpha value is -1.49. The Bertz CT molecular complexity index is 432. The van der Waals surface area contributed by atoms with Gasteiger partial charge in [-0.1, -0.05) is 11.6 Å². The van der Waals surface area contributed by atoms with Gasteiger partial charge >= 0.3 is 5.97 Å². The Morgan fingerprint density at radius 1 is 1.27 bits per heavy atom. The first-order valence-corrected chi connectivity index (χ1v) is 4.12. The van der Waals surface area contributed by atoms with Gasteiger partial charge in [0.25, 0.3) is 5.78 Å². The number of hydrogen-bond acceptors (Lipinski definition) is 3. The van der Waals surface area contributed by atoms with Crippen molar-refractivity contribution >= 4 is 23.4 Å². The van der Waals surface area contributed by atoms with Crippen molar-refractivity contribution in [2.24, 2.45) is 0 Å². The molecule has 3 nitrogen and oxygen atoms in total. The van der Waals surface area contributed by atoms with Gasteiger partial charge in [-0.15, -0.1) is 0 Å². The fourth-order valence-corrected chi connectivity index (χ4v) is 1.05. The maximum absolute atomic E-state index is 13.1. The predicted octanol–water partition coefficient (Wildman–Crippen LogP) is 1.97. The summed E-state index contributed by atoms with van der Waals surface area (Å²) >= 11 is 5.26. The lowest BCUT2D eigenvalue weighted by atomic mass is 10.1. The van der Waals surface area contributed by atoms with Gasteiger partial charge < -0.3 is 4.74 Å². The molecular formula is C9H5ClF2O3. The van der Waals surface area contributed by atoms with Crippen LogP contribution in [0.1, 0.15) is 10.4 Å². The maximum Gasteiger partial charge on any atom is 0.379 e. The third-order valence-electron chi connectivity index (χ3n) is 1.63. The summed E-state index contributed by atoms with van der Waals surface area (Å²) in [6.07, 6.45) is 0. The van der Waals surface area contributed by atoms with Crippen LogP contribution in [-0.2, 0) is 9.53 Å². The quantitative estimate of drug-likeness (QED) is 0.340. The Kier molecular flexibility index (Phi) is 3.36. The van der Waals surface area contributed by atoms with Crippen LogP contribution in [0.5, 0.6) is 0 Å². The zero-order valence-electron chi connectivity index (χ0n) is 7.51. The molecule has 0 unspecified atom stereocenters. The van der Waals surface area contributed by atoms with E-state index in [9.17, 15) is 18.4 Å². The second-order valence-corrected chi connectivity index (χ2v) is 2.97. The molecule has 6 heteroatoms. The molecule has 0 saturated heterocycles. The van der Waals surface area contributed by atoms with Crippen molar-refractivity contribution in [3.05, 3.63) is 34.4 Å². The predicted molar refractivity (Wildman–Crippen MR) is 47.7 cm³/mol. The second kappa shape index (κ2) is 4.35. The minimum atomic E-state index is -1.27. The van der Waals surface area contributed by atoms with Crippen LogP contribution in [0, 0.1) is 11.6 Å². The lowest BCUT2D eigenvalue weighted by molar-refractivity contribution is -0.135. The molecule has 0 spiro atoms. The number of Topliss-reactive ketones (excluding diaryl/α,β-unsaturated/α-hetero) is 1. The van der Waals surface area contributed by atoms with Crippen LogP contribution in [0.15, 0.2) is 12.1 Å². The van der Waals surface area contributed by atoms with Gasteiger partial charge in [-0.05, 0) is 12.1 Å². The van der Waals surface area contributed by atoms with E-state index in [-0.39, 0.29) is 0 Å². The molecule has 0 radical (unpaired) electrons. The molecular weight excluding hydrogens is 230 g/mol. The van der Waals surface area contributed by atoms with Gasteiger partial charge in [0.15, 0.2) is 0 Å². The topological polar surface area (TPSA) is 43.4 Å². The molecule has 80 valence electrons. The van der Waals surface area contributed by atoms with E-state index < -0.39 is 34.0 Å². The fraction of sp³-hybridized carbons (Fsp3) is 0.111. The van der Waals surface area contributed by atoms with Crippen LogP contribution in [-0.4, -0.2) is 18.9 Å². The van der Waals surface area contributed by atoms with Gasteiger partial charge in [-0.25, -0.2) is 13.6 Å². The fourth-order valence-electron chi connectivity index (χ4n) is 0.899. The SMILES string of the molecule is COC(=O)C(=O)c1cc(F)c(Cl)cc1F. The molecule has 0 bridgehead atoms. The minimum Gasteiger partial charge on any atom is -0.463 e. The number of rotatable bonds is 2. The summed E-state index contributed by atoms with van der Waals surface area (Å²) < 4.78 is 30.1.